The maximum Gasteiger partial charge on any atom is 0.252 e. The standard InChI is InChI=1S/C16H21N3O2/c1-12-5-9-17-11-13(12)19-10-6-14(20)18-16(15(19)21)7-3-2-4-8-16/h5,9,11H,2-4,6-8,10H2,1H3,(H,18,20). The molecule has 1 aliphatic carbocycles. The first kappa shape index (κ1) is 14.0. The van der Waals surface area contributed by atoms with Gasteiger partial charge in [0.2, 0.25) is 5.91 Å². The molecular formula is C16H21N3O2. The molecule has 0 bridgehead atoms. The van der Waals surface area contributed by atoms with Crippen LogP contribution in [-0.4, -0.2) is 28.9 Å². The van der Waals surface area contributed by atoms with E-state index >= 15 is 0 Å². The Balaban J connectivity index is 1.99. The summed E-state index contributed by atoms with van der Waals surface area (Å²) < 4.78 is 0. The van der Waals surface area contributed by atoms with Crippen LogP contribution >= 0.6 is 0 Å². The van der Waals surface area contributed by atoms with Crippen molar-refractivity contribution >= 4 is 17.5 Å². The van der Waals surface area contributed by atoms with Gasteiger partial charge in [-0.1, -0.05) is 19.3 Å². The third-order valence-electron chi connectivity index (χ3n) is 4.61. The van der Waals surface area contributed by atoms with Crippen molar-refractivity contribution in [3.05, 3.63) is 24.0 Å². The second-order valence-corrected chi connectivity index (χ2v) is 6.06. The minimum absolute atomic E-state index is 0.0192. The molecule has 0 aromatic carbocycles. The second-order valence-electron chi connectivity index (χ2n) is 6.06. The molecule has 2 amide bonds. The average molecular weight is 287 g/mol. The topological polar surface area (TPSA) is 62.3 Å². The van der Waals surface area contributed by atoms with Crippen molar-refractivity contribution in [2.75, 3.05) is 11.4 Å². The maximum atomic E-state index is 13.1. The molecule has 2 heterocycles. The largest absolute Gasteiger partial charge is 0.342 e. The van der Waals surface area contributed by atoms with Crippen molar-refractivity contribution in [1.29, 1.82) is 0 Å². The highest BCUT2D eigenvalue weighted by Crippen LogP contribution is 2.33. The fraction of sp³-hybridized carbons (Fsp3) is 0.562. The van der Waals surface area contributed by atoms with Crippen LogP contribution in [0, 0.1) is 6.92 Å². The van der Waals surface area contributed by atoms with Gasteiger partial charge in [-0.3, -0.25) is 14.6 Å². The Bertz CT molecular complexity index is 564. The molecule has 2 aliphatic rings. The Kier molecular flexibility index (Phi) is 3.66. The second kappa shape index (κ2) is 5.47. The lowest BCUT2D eigenvalue weighted by Gasteiger charge is -2.38. The number of anilines is 1. The van der Waals surface area contributed by atoms with Crippen molar-refractivity contribution in [2.24, 2.45) is 0 Å². The molecule has 1 aromatic heterocycles. The van der Waals surface area contributed by atoms with Crippen LogP contribution in [0.1, 0.15) is 44.1 Å². The minimum Gasteiger partial charge on any atom is -0.342 e. The van der Waals surface area contributed by atoms with Gasteiger partial charge in [0.1, 0.15) is 5.54 Å². The van der Waals surface area contributed by atoms with Gasteiger partial charge in [0.05, 0.1) is 11.9 Å². The molecule has 112 valence electrons. The predicted octanol–water partition coefficient (Wildman–Crippen LogP) is 1.95. The summed E-state index contributed by atoms with van der Waals surface area (Å²) in [6, 6.07) is 1.90. The molecule has 5 heteroatoms. The van der Waals surface area contributed by atoms with Crippen LogP contribution < -0.4 is 10.2 Å². The number of pyridine rings is 1. The molecule has 1 aliphatic heterocycles. The lowest BCUT2D eigenvalue weighted by molar-refractivity contribution is -0.131. The lowest BCUT2D eigenvalue weighted by Crippen LogP contribution is -2.58. The van der Waals surface area contributed by atoms with Gasteiger partial charge in [-0.2, -0.15) is 0 Å². The van der Waals surface area contributed by atoms with Crippen LogP contribution in [-0.2, 0) is 9.59 Å². The third-order valence-corrected chi connectivity index (χ3v) is 4.61. The maximum absolute atomic E-state index is 13.1. The summed E-state index contributed by atoms with van der Waals surface area (Å²) in [7, 11) is 0. The SMILES string of the molecule is Cc1ccncc1N1CCC(=O)NC2(CCCCC2)C1=O. The van der Waals surface area contributed by atoms with Crippen molar-refractivity contribution in [3.63, 3.8) is 0 Å². The number of hydrogen-bond acceptors (Lipinski definition) is 3. The molecule has 5 nitrogen and oxygen atoms in total. The first-order valence-corrected chi connectivity index (χ1v) is 7.66. The van der Waals surface area contributed by atoms with Gasteiger partial charge in [-0.15, -0.1) is 0 Å². The number of hydrogen-bond donors (Lipinski definition) is 1. The average Bonchev–Trinajstić information content (AvgIpc) is 2.60. The first-order valence-electron chi connectivity index (χ1n) is 7.66. The van der Waals surface area contributed by atoms with E-state index in [1.54, 1.807) is 17.3 Å². The molecule has 1 saturated heterocycles. The monoisotopic (exact) mass is 287 g/mol. The van der Waals surface area contributed by atoms with Gasteiger partial charge in [0.25, 0.3) is 5.91 Å². The van der Waals surface area contributed by atoms with E-state index in [1.165, 1.54) is 0 Å². The molecule has 1 spiro atoms. The zero-order chi connectivity index (χ0) is 14.9. The summed E-state index contributed by atoms with van der Waals surface area (Å²) in [6.45, 7) is 2.40. The molecule has 0 unspecified atom stereocenters. The molecule has 3 rings (SSSR count). The van der Waals surface area contributed by atoms with E-state index < -0.39 is 5.54 Å². The highest BCUT2D eigenvalue weighted by Gasteiger charge is 2.45. The summed E-state index contributed by atoms with van der Waals surface area (Å²) in [5, 5.41) is 3.01. The van der Waals surface area contributed by atoms with Crippen molar-refractivity contribution in [2.45, 2.75) is 51.0 Å². The Labute approximate surface area is 124 Å². The van der Waals surface area contributed by atoms with E-state index in [9.17, 15) is 9.59 Å². The van der Waals surface area contributed by atoms with Crippen LogP contribution in [0.3, 0.4) is 0 Å². The number of nitrogens with one attached hydrogen (secondary N) is 1. The smallest absolute Gasteiger partial charge is 0.252 e. The van der Waals surface area contributed by atoms with E-state index in [-0.39, 0.29) is 11.8 Å². The van der Waals surface area contributed by atoms with E-state index in [0.717, 1.165) is 43.4 Å². The molecular weight excluding hydrogens is 266 g/mol. The van der Waals surface area contributed by atoms with Crippen LogP contribution in [0.2, 0.25) is 0 Å². The van der Waals surface area contributed by atoms with E-state index in [1.807, 2.05) is 13.0 Å². The molecule has 1 aromatic rings. The zero-order valence-corrected chi connectivity index (χ0v) is 12.4. The van der Waals surface area contributed by atoms with Gasteiger partial charge >= 0.3 is 0 Å². The zero-order valence-electron chi connectivity index (χ0n) is 12.4. The predicted molar refractivity (Wildman–Crippen MR) is 79.9 cm³/mol. The lowest BCUT2D eigenvalue weighted by atomic mass is 9.80. The molecule has 0 atom stereocenters. The van der Waals surface area contributed by atoms with Crippen molar-refractivity contribution < 1.29 is 9.59 Å². The normalized spacial score (nSPS) is 22.0. The summed E-state index contributed by atoms with van der Waals surface area (Å²) in [5.74, 6) is 0.0124. The Morgan fingerprint density at radius 1 is 1.24 bits per heavy atom. The number of nitrogens with zero attached hydrogens (tertiary/aromatic N) is 2. The number of carbonyl (C=O) groups excluding carboxylic acids is 2. The number of rotatable bonds is 1. The van der Waals surface area contributed by atoms with E-state index in [0.29, 0.717) is 13.0 Å². The summed E-state index contributed by atoms with van der Waals surface area (Å²) >= 11 is 0. The van der Waals surface area contributed by atoms with Gasteiger partial charge < -0.3 is 10.2 Å². The van der Waals surface area contributed by atoms with Gasteiger partial charge in [0.15, 0.2) is 0 Å². The Morgan fingerprint density at radius 3 is 2.71 bits per heavy atom. The van der Waals surface area contributed by atoms with Crippen molar-refractivity contribution in [3.8, 4) is 0 Å². The molecule has 2 fully saturated rings. The van der Waals surface area contributed by atoms with Crippen LogP contribution in [0.15, 0.2) is 18.5 Å². The molecule has 1 saturated carbocycles. The molecule has 0 radical (unpaired) electrons. The quantitative estimate of drug-likeness (QED) is 0.858. The van der Waals surface area contributed by atoms with Gasteiger partial charge in [0, 0.05) is 19.2 Å². The fourth-order valence-corrected chi connectivity index (χ4v) is 3.42. The fourth-order valence-electron chi connectivity index (χ4n) is 3.42. The Morgan fingerprint density at radius 2 is 2.00 bits per heavy atom. The van der Waals surface area contributed by atoms with E-state index in [2.05, 4.69) is 10.3 Å². The van der Waals surface area contributed by atoms with Crippen LogP contribution in [0.25, 0.3) is 0 Å². The number of amides is 2. The van der Waals surface area contributed by atoms with E-state index in [4.69, 9.17) is 0 Å². The highest BCUT2D eigenvalue weighted by atomic mass is 16.2. The number of carbonyl (C=O) groups is 2. The van der Waals surface area contributed by atoms with Crippen LogP contribution in [0.5, 0.6) is 0 Å². The van der Waals surface area contributed by atoms with Gasteiger partial charge in [-0.05, 0) is 31.4 Å². The number of aryl methyl sites for hydroxylation is 1. The van der Waals surface area contributed by atoms with Crippen LogP contribution in [0.4, 0.5) is 5.69 Å². The summed E-state index contributed by atoms with van der Waals surface area (Å²) in [4.78, 5) is 31.1. The summed E-state index contributed by atoms with van der Waals surface area (Å²) in [5.41, 5.74) is 1.14. The van der Waals surface area contributed by atoms with Gasteiger partial charge in [-0.25, -0.2) is 0 Å². The Hall–Kier alpha value is -1.91. The highest BCUT2D eigenvalue weighted by molar-refractivity contribution is 6.04. The first-order chi connectivity index (χ1) is 10.1. The summed E-state index contributed by atoms with van der Waals surface area (Å²) in [6.07, 6.45) is 8.40. The molecule has 21 heavy (non-hydrogen) atoms. The minimum atomic E-state index is -0.700. The third kappa shape index (κ3) is 2.52. The van der Waals surface area contributed by atoms with Crippen molar-refractivity contribution in [1.82, 2.24) is 10.3 Å². The number of aromatic nitrogens is 1. The molecule has 1 N–H and O–H groups in total.